The molecule has 3 heteroatoms. The van der Waals surface area contributed by atoms with E-state index in [1.807, 2.05) is 11.3 Å². The fourth-order valence-corrected chi connectivity index (χ4v) is 9.77. The van der Waals surface area contributed by atoms with Crippen LogP contribution in [0.4, 0.5) is 0 Å². The van der Waals surface area contributed by atoms with Crippen molar-refractivity contribution in [2.24, 2.45) is 0 Å². The molecule has 0 amide bonds. The van der Waals surface area contributed by atoms with Crippen LogP contribution in [-0.4, -0.2) is 9.13 Å². The third kappa shape index (κ3) is 3.36. The fourth-order valence-electron chi connectivity index (χ4n) is 8.66. The van der Waals surface area contributed by atoms with E-state index >= 15 is 0 Å². The zero-order valence-electron chi connectivity index (χ0n) is 26.7. The van der Waals surface area contributed by atoms with E-state index in [0.29, 0.717) is 0 Å². The molecule has 10 aromatic rings. The SMILES string of the molecule is CC1(C)c2cc(-n3c4ccccc4c4ccccc43)ccc2-c2cc3c(cc21)sc1ccc(-n2c4ccccc4c4ccccc42)cc13. The molecule has 0 N–H and O–H groups in total. The van der Waals surface area contributed by atoms with Crippen molar-refractivity contribution >= 4 is 75.1 Å². The number of thiophene rings is 1. The highest BCUT2D eigenvalue weighted by Gasteiger charge is 2.36. The number of hydrogen-bond acceptors (Lipinski definition) is 1. The maximum Gasteiger partial charge on any atom is 0.0541 e. The molecule has 0 bridgehead atoms. The summed E-state index contributed by atoms with van der Waals surface area (Å²) < 4.78 is 7.55. The molecule has 11 rings (SSSR count). The van der Waals surface area contributed by atoms with Crippen LogP contribution >= 0.6 is 11.3 Å². The number of para-hydroxylation sites is 4. The molecule has 1 aliphatic carbocycles. The Morgan fingerprint density at radius 2 is 0.854 bits per heavy atom. The summed E-state index contributed by atoms with van der Waals surface area (Å²) in [6.07, 6.45) is 0. The summed E-state index contributed by atoms with van der Waals surface area (Å²) >= 11 is 1.91. The van der Waals surface area contributed by atoms with Gasteiger partial charge in [-0.25, -0.2) is 0 Å². The minimum atomic E-state index is -0.113. The van der Waals surface area contributed by atoms with E-state index in [4.69, 9.17) is 0 Å². The molecule has 0 saturated heterocycles. The maximum absolute atomic E-state index is 2.48. The fraction of sp³-hybridized carbons (Fsp3) is 0.0667. The molecular weight excluding hydrogens is 601 g/mol. The molecule has 0 unspecified atom stereocenters. The van der Waals surface area contributed by atoms with Gasteiger partial charge in [0.05, 0.1) is 22.1 Å². The van der Waals surface area contributed by atoms with Crippen molar-refractivity contribution in [1.29, 1.82) is 0 Å². The topological polar surface area (TPSA) is 9.86 Å². The molecule has 0 aliphatic heterocycles. The van der Waals surface area contributed by atoms with Crippen molar-refractivity contribution in [1.82, 2.24) is 9.13 Å². The van der Waals surface area contributed by atoms with Crippen molar-refractivity contribution < 1.29 is 0 Å². The van der Waals surface area contributed by atoms with Crippen molar-refractivity contribution in [2.75, 3.05) is 0 Å². The minimum Gasteiger partial charge on any atom is -0.309 e. The Bertz CT molecular complexity index is 2880. The van der Waals surface area contributed by atoms with Gasteiger partial charge in [0.1, 0.15) is 0 Å². The van der Waals surface area contributed by atoms with E-state index < -0.39 is 0 Å². The molecule has 0 radical (unpaired) electrons. The maximum atomic E-state index is 2.48. The lowest BCUT2D eigenvalue weighted by atomic mass is 9.82. The van der Waals surface area contributed by atoms with Crippen molar-refractivity contribution in [3.63, 3.8) is 0 Å². The summed E-state index contributed by atoms with van der Waals surface area (Å²) in [5.74, 6) is 0. The first-order valence-corrected chi connectivity index (χ1v) is 17.5. The normalized spacial score (nSPS) is 13.8. The molecular formula is C45H30N2S. The smallest absolute Gasteiger partial charge is 0.0541 e. The molecule has 0 atom stereocenters. The van der Waals surface area contributed by atoms with E-state index in [2.05, 4.69) is 169 Å². The summed E-state index contributed by atoms with van der Waals surface area (Å²) in [5.41, 5.74) is 12.8. The van der Waals surface area contributed by atoms with Gasteiger partial charge >= 0.3 is 0 Å². The van der Waals surface area contributed by atoms with Crippen LogP contribution in [0.15, 0.2) is 146 Å². The van der Waals surface area contributed by atoms with E-state index in [1.54, 1.807) is 0 Å². The van der Waals surface area contributed by atoms with Crippen LogP contribution in [0.1, 0.15) is 25.0 Å². The third-order valence-corrected chi connectivity index (χ3v) is 12.0. The minimum absolute atomic E-state index is 0.113. The van der Waals surface area contributed by atoms with Crippen LogP contribution < -0.4 is 0 Å². The van der Waals surface area contributed by atoms with Crippen molar-refractivity contribution in [3.05, 3.63) is 157 Å². The Labute approximate surface area is 281 Å². The van der Waals surface area contributed by atoms with Gasteiger partial charge in [-0.05, 0) is 89.0 Å². The largest absolute Gasteiger partial charge is 0.309 e. The molecule has 1 aliphatic rings. The molecule has 0 saturated carbocycles. The highest BCUT2D eigenvalue weighted by atomic mass is 32.1. The third-order valence-electron chi connectivity index (χ3n) is 10.9. The molecule has 7 aromatic carbocycles. The Morgan fingerprint density at radius 3 is 1.42 bits per heavy atom. The van der Waals surface area contributed by atoms with E-state index in [9.17, 15) is 0 Å². The van der Waals surface area contributed by atoms with E-state index in [0.717, 1.165) is 0 Å². The first-order valence-electron chi connectivity index (χ1n) is 16.7. The lowest BCUT2D eigenvalue weighted by molar-refractivity contribution is 0.661. The zero-order chi connectivity index (χ0) is 31.7. The van der Waals surface area contributed by atoms with Gasteiger partial charge in [0.25, 0.3) is 0 Å². The average molecular weight is 631 g/mol. The second kappa shape index (κ2) is 9.25. The lowest BCUT2D eigenvalue weighted by Crippen LogP contribution is -2.15. The monoisotopic (exact) mass is 630 g/mol. The molecule has 3 aromatic heterocycles. The number of hydrogen-bond donors (Lipinski definition) is 0. The molecule has 3 heterocycles. The lowest BCUT2D eigenvalue weighted by Gasteiger charge is -2.22. The summed E-state index contributed by atoms with van der Waals surface area (Å²) in [6, 6.07) is 54.2. The van der Waals surface area contributed by atoms with Gasteiger partial charge in [0.2, 0.25) is 0 Å². The van der Waals surface area contributed by atoms with Gasteiger partial charge < -0.3 is 9.13 Å². The van der Waals surface area contributed by atoms with E-state index in [-0.39, 0.29) is 5.41 Å². The standard InChI is InChI=1S/C45H30N2S/c1-45(2)37-24-28(47-41-17-9-5-13-32(41)33-14-6-10-18-42(33)47)19-21-29(37)34-25-36-35-23-27(20-22-43(35)48-44(36)26-38(34)45)46-39-15-7-3-11-30(39)31-12-4-8-16-40(31)46/h3-26H,1-2H3. The summed E-state index contributed by atoms with van der Waals surface area (Å²) in [6.45, 7) is 4.79. The molecule has 226 valence electrons. The second-order valence-corrected chi connectivity index (χ2v) is 14.9. The van der Waals surface area contributed by atoms with Crippen LogP contribution in [0, 0.1) is 0 Å². The first-order chi connectivity index (χ1) is 23.6. The quantitative estimate of drug-likeness (QED) is 0.180. The Morgan fingerprint density at radius 1 is 0.396 bits per heavy atom. The molecule has 48 heavy (non-hydrogen) atoms. The number of rotatable bonds is 2. The summed E-state index contributed by atoms with van der Waals surface area (Å²) in [5, 5.41) is 7.84. The molecule has 0 spiro atoms. The highest BCUT2D eigenvalue weighted by Crippen LogP contribution is 2.52. The van der Waals surface area contributed by atoms with Gasteiger partial charge in [-0.2, -0.15) is 0 Å². The van der Waals surface area contributed by atoms with Crippen LogP contribution in [-0.2, 0) is 5.41 Å². The van der Waals surface area contributed by atoms with Crippen LogP contribution in [0.25, 0.3) is 86.3 Å². The summed E-state index contributed by atoms with van der Waals surface area (Å²) in [4.78, 5) is 0. The number of fused-ring (bicyclic) bond motifs is 12. The first kappa shape index (κ1) is 26.4. The highest BCUT2D eigenvalue weighted by molar-refractivity contribution is 7.25. The van der Waals surface area contributed by atoms with Gasteiger partial charge in [0.15, 0.2) is 0 Å². The van der Waals surface area contributed by atoms with Gasteiger partial charge in [-0.3, -0.25) is 0 Å². The number of benzene rings is 7. The zero-order valence-corrected chi connectivity index (χ0v) is 27.5. The molecule has 2 nitrogen and oxygen atoms in total. The van der Waals surface area contributed by atoms with E-state index in [1.165, 1.54) is 97.4 Å². The van der Waals surface area contributed by atoms with Crippen molar-refractivity contribution in [2.45, 2.75) is 19.3 Å². The Hall–Kier alpha value is -5.64. The number of nitrogens with zero attached hydrogens (tertiary/aromatic N) is 2. The Balaban J connectivity index is 1.11. The van der Waals surface area contributed by atoms with Crippen LogP contribution in [0.3, 0.4) is 0 Å². The van der Waals surface area contributed by atoms with Gasteiger partial charge in [-0.1, -0.05) is 92.7 Å². The predicted octanol–water partition coefficient (Wildman–Crippen LogP) is 12.6. The van der Waals surface area contributed by atoms with Crippen LogP contribution in [0.2, 0.25) is 0 Å². The van der Waals surface area contributed by atoms with Crippen molar-refractivity contribution in [3.8, 4) is 22.5 Å². The van der Waals surface area contributed by atoms with Crippen LogP contribution in [0.5, 0.6) is 0 Å². The summed E-state index contributed by atoms with van der Waals surface area (Å²) in [7, 11) is 0. The average Bonchev–Trinajstić information content (AvgIpc) is 3.82. The second-order valence-electron chi connectivity index (χ2n) is 13.8. The number of aromatic nitrogens is 2. The Kier molecular flexibility index (Phi) is 5.09. The predicted molar refractivity (Wildman–Crippen MR) is 206 cm³/mol. The molecule has 0 fully saturated rings. The van der Waals surface area contributed by atoms with Gasteiger partial charge in [-0.15, -0.1) is 11.3 Å². The van der Waals surface area contributed by atoms with Gasteiger partial charge in [0, 0.05) is 58.5 Å².